The van der Waals surface area contributed by atoms with Crippen LogP contribution in [0.5, 0.6) is 23.0 Å². The third kappa shape index (κ3) is 3.25. The second-order valence-electron chi connectivity index (χ2n) is 10.9. The van der Waals surface area contributed by atoms with Crippen molar-refractivity contribution in [1.82, 2.24) is 9.80 Å². The van der Waals surface area contributed by atoms with E-state index in [0.717, 1.165) is 45.9 Å². The summed E-state index contributed by atoms with van der Waals surface area (Å²) in [6.07, 6.45) is 3.26. The van der Waals surface area contributed by atoms with Crippen molar-refractivity contribution in [2.75, 3.05) is 34.1 Å². The highest BCUT2D eigenvalue weighted by atomic mass is 16.7. The van der Waals surface area contributed by atoms with E-state index in [0.29, 0.717) is 25.3 Å². The molecule has 1 saturated heterocycles. The Morgan fingerprint density at radius 1 is 1.13 bits per heavy atom. The number of nitrogens with zero attached hydrogens (tertiary/aromatic N) is 3. The summed E-state index contributed by atoms with van der Waals surface area (Å²) in [7, 11) is 3.91. The molecule has 0 spiro atoms. The highest BCUT2D eigenvalue weighted by molar-refractivity contribution is 5.66. The molecule has 2 aromatic carbocycles. The summed E-state index contributed by atoms with van der Waals surface area (Å²) >= 11 is 0. The van der Waals surface area contributed by atoms with Gasteiger partial charge >= 0.3 is 0 Å². The molecule has 1 unspecified atom stereocenters. The Morgan fingerprint density at radius 3 is 2.58 bits per heavy atom. The van der Waals surface area contributed by atoms with Gasteiger partial charge in [-0.15, -0.1) is 0 Å². The Kier molecular flexibility index (Phi) is 6.06. The molecule has 200 valence electrons. The van der Waals surface area contributed by atoms with Gasteiger partial charge in [0.05, 0.1) is 25.3 Å². The molecule has 8 nitrogen and oxygen atoms in total. The Morgan fingerprint density at radius 2 is 1.89 bits per heavy atom. The maximum Gasteiger partial charge on any atom is 0.231 e. The van der Waals surface area contributed by atoms with E-state index in [9.17, 15) is 5.26 Å². The van der Waals surface area contributed by atoms with Gasteiger partial charge in [-0.1, -0.05) is 18.7 Å². The molecule has 0 saturated carbocycles. The van der Waals surface area contributed by atoms with Gasteiger partial charge in [0.2, 0.25) is 6.79 Å². The lowest BCUT2D eigenvalue weighted by Crippen LogP contribution is -2.68. The Balaban J connectivity index is 1.60. The molecule has 0 radical (unpaired) electrons. The molecule has 4 aliphatic rings. The topological polar surface area (TPSA) is 93.2 Å². The number of fused-ring (bicyclic) bond motifs is 9. The molecule has 0 aromatic heterocycles. The first-order valence-electron chi connectivity index (χ1n) is 13.3. The molecule has 4 aliphatic heterocycles. The minimum Gasteiger partial charge on any atom is -0.496 e. The van der Waals surface area contributed by atoms with Gasteiger partial charge in [0.25, 0.3) is 0 Å². The van der Waals surface area contributed by atoms with Crippen LogP contribution in [-0.2, 0) is 12.8 Å². The number of hydrogen-bond acceptors (Lipinski definition) is 8. The van der Waals surface area contributed by atoms with Crippen molar-refractivity contribution < 1.29 is 18.9 Å². The number of benzene rings is 2. The molecule has 4 heterocycles. The van der Waals surface area contributed by atoms with Crippen molar-refractivity contribution in [3.05, 3.63) is 57.7 Å². The Hall–Kier alpha value is -3.25. The van der Waals surface area contributed by atoms with Crippen LogP contribution in [0.2, 0.25) is 0 Å². The van der Waals surface area contributed by atoms with Gasteiger partial charge in [-0.25, -0.2) is 0 Å². The van der Waals surface area contributed by atoms with Crippen molar-refractivity contribution >= 4 is 0 Å². The maximum atomic E-state index is 10.6. The van der Waals surface area contributed by atoms with Gasteiger partial charge in [0, 0.05) is 35.3 Å². The Bertz CT molecular complexity index is 1370. The van der Waals surface area contributed by atoms with Crippen molar-refractivity contribution in [1.29, 1.82) is 5.26 Å². The second kappa shape index (κ2) is 9.19. The van der Waals surface area contributed by atoms with Crippen molar-refractivity contribution in [2.45, 2.75) is 63.8 Å². The molecule has 6 rings (SSSR count). The van der Waals surface area contributed by atoms with Crippen molar-refractivity contribution in [3.63, 3.8) is 0 Å². The van der Waals surface area contributed by atoms with Crippen LogP contribution in [0.25, 0.3) is 0 Å². The molecule has 2 aromatic rings. The van der Waals surface area contributed by atoms with E-state index >= 15 is 0 Å². The summed E-state index contributed by atoms with van der Waals surface area (Å²) in [5.41, 5.74) is 14.5. The van der Waals surface area contributed by atoms with Crippen LogP contribution in [-0.4, -0.2) is 62.0 Å². The molecule has 5 atom stereocenters. The average Bonchev–Trinajstić information content (AvgIpc) is 3.39. The smallest absolute Gasteiger partial charge is 0.231 e. The SMILES string of the molecule is C=CCOc1c(C)c2c(c3c1CC1[C@H]4c5c(cc(C)c(OC)c5C)C[C@@H]([C@H](C#N)N1[C@H]3CN)N4C)OCO2. The van der Waals surface area contributed by atoms with E-state index in [4.69, 9.17) is 24.7 Å². The number of hydrogen-bond donors (Lipinski definition) is 1. The summed E-state index contributed by atoms with van der Waals surface area (Å²) in [5, 5.41) is 10.6. The molecular weight excluding hydrogens is 480 g/mol. The van der Waals surface area contributed by atoms with E-state index in [-0.39, 0.29) is 37.0 Å². The van der Waals surface area contributed by atoms with Crippen molar-refractivity contribution in [2.24, 2.45) is 5.73 Å². The number of piperazine rings is 1. The van der Waals surface area contributed by atoms with Gasteiger partial charge in [0.1, 0.15) is 24.1 Å². The zero-order chi connectivity index (χ0) is 26.9. The van der Waals surface area contributed by atoms with Crippen LogP contribution in [0.15, 0.2) is 18.7 Å². The largest absolute Gasteiger partial charge is 0.496 e. The zero-order valence-electron chi connectivity index (χ0n) is 22.8. The highest BCUT2D eigenvalue weighted by Crippen LogP contribution is 2.57. The number of rotatable bonds is 5. The third-order valence-electron chi connectivity index (χ3n) is 9.11. The number of ether oxygens (including phenoxy) is 4. The fourth-order valence-corrected chi connectivity index (χ4v) is 7.73. The first kappa shape index (κ1) is 25.1. The number of aryl methyl sites for hydroxylation is 1. The molecule has 8 heteroatoms. The minimum absolute atomic E-state index is 0.0120. The summed E-state index contributed by atoms with van der Waals surface area (Å²) < 4.78 is 24.1. The summed E-state index contributed by atoms with van der Waals surface area (Å²) in [6.45, 7) is 11.0. The molecule has 38 heavy (non-hydrogen) atoms. The fraction of sp³-hybridized carbons (Fsp3) is 0.500. The van der Waals surface area contributed by atoms with E-state index in [2.05, 4.69) is 49.4 Å². The normalized spacial score (nSPS) is 27.1. The van der Waals surface area contributed by atoms with Gasteiger partial charge in [0.15, 0.2) is 11.5 Å². The standard InChI is InChI=1S/C30H36N4O4/c1-7-8-36-28-17(4)29-30(38-14-37-29)25-19(28)11-21-26-24-16(3)27(35-6)15(2)9-18(24)10-20(33(26)5)22(12-31)34(21)23(25)13-32/h7,9,20-23,26H,1,8,10-11,13-14,32H2,2-6H3/t20-,21?,22-,23-,26-/m0/s1. The first-order chi connectivity index (χ1) is 18.4. The molecule has 2 bridgehead atoms. The monoisotopic (exact) mass is 516 g/mol. The minimum atomic E-state index is -0.323. The van der Waals surface area contributed by atoms with E-state index < -0.39 is 0 Å². The number of likely N-dealkylation sites (N-methyl/N-ethyl adjacent to an activating group) is 1. The number of nitrogens with two attached hydrogens (primary N) is 1. The lowest BCUT2D eigenvalue weighted by atomic mass is 9.71. The quantitative estimate of drug-likeness (QED) is 0.602. The van der Waals surface area contributed by atoms with Crippen LogP contribution in [0.3, 0.4) is 0 Å². The third-order valence-corrected chi connectivity index (χ3v) is 9.11. The zero-order valence-corrected chi connectivity index (χ0v) is 22.8. The van der Waals surface area contributed by atoms with Crippen molar-refractivity contribution in [3.8, 4) is 29.1 Å². The molecule has 1 fully saturated rings. The summed E-state index contributed by atoms with van der Waals surface area (Å²) in [4.78, 5) is 4.79. The highest BCUT2D eigenvalue weighted by Gasteiger charge is 2.56. The summed E-state index contributed by atoms with van der Waals surface area (Å²) in [6, 6.07) is 4.54. The molecule has 2 N–H and O–H groups in total. The van der Waals surface area contributed by atoms with E-state index in [1.807, 2.05) is 6.92 Å². The summed E-state index contributed by atoms with van der Waals surface area (Å²) in [5.74, 6) is 3.20. The Labute approximate surface area is 224 Å². The molecule has 0 amide bonds. The predicted octanol–water partition coefficient (Wildman–Crippen LogP) is 3.64. The van der Waals surface area contributed by atoms with Gasteiger partial charge in [-0.05, 0) is 62.9 Å². The van der Waals surface area contributed by atoms with E-state index in [1.54, 1.807) is 13.2 Å². The van der Waals surface area contributed by atoms with Gasteiger partial charge in [-0.2, -0.15) is 5.26 Å². The average molecular weight is 517 g/mol. The lowest BCUT2D eigenvalue weighted by Gasteiger charge is -2.60. The first-order valence-corrected chi connectivity index (χ1v) is 13.3. The van der Waals surface area contributed by atoms with Crippen LogP contribution < -0.4 is 24.7 Å². The predicted molar refractivity (Wildman–Crippen MR) is 144 cm³/mol. The second-order valence-corrected chi connectivity index (χ2v) is 10.9. The maximum absolute atomic E-state index is 10.6. The van der Waals surface area contributed by atoms with Gasteiger partial charge < -0.3 is 24.7 Å². The van der Waals surface area contributed by atoms with Crippen LogP contribution in [0.4, 0.5) is 0 Å². The molecule has 0 aliphatic carbocycles. The van der Waals surface area contributed by atoms with Crippen LogP contribution in [0, 0.1) is 32.1 Å². The molecular formula is C30H36N4O4. The number of nitriles is 1. The number of methoxy groups -OCH3 is 1. The van der Waals surface area contributed by atoms with Gasteiger partial charge in [-0.3, -0.25) is 9.80 Å². The van der Waals surface area contributed by atoms with Crippen LogP contribution in [0.1, 0.15) is 51.0 Å². The van der Waals surface area contributed by atoms with E-state index in [1.165, 1.54) is 16.7 Å². The lowest BCUT2D eigenvalue weighted by molar-refractivity contribution is -0.0706. The van der Waals surface area contributed by atoms with Crippen LogP contribution >= 0.6 is 0 Å². The fourth-order valence-electron chi connectivity index (χ4n) is 7.73.